The van der Waals surface area contributed by atoms with Crippen LogP contribution in [0.15, 0.2) is 18.2 Å². The summed E-state index contributed by atoms with van der Waals surface area (Å²) in [4.78, 5) is 14.1. The molecule has 2 atom stereocenters. The number of halogens is 1. The molecular weight excluding hydrogens is 329 g/mol. The standard InChI is InChI=1S/C18H24FNO5/c1-17(24)6-9-25-18(16(17)23)4-7-20(8-5-18)15(22)11-12-2-3-14(21)13(19)10-12/h2-3,10,16,21,23-24H,4-9,11H2,1H3/t16-,17+/m0/s1. The summed E-state index contributed by atoms with van der Waals surface area (Å²) in [6, 6.07) is 3.91. The van der Waals surface area contributed by atoms with Gasteiger partial charge in [0.05, 0.1) is 18.6 Å². The summed E-state index contributed by atoms with van der Waals surface area (Å²) in [6.07, 6.45) is 0.327. The number of phenolic OH excluding ortho intramolecular Hbond substituents is 1. The molecule has 2 aliphatic heterocycles. The average Bonchev–Trinajstić information content (AvgIpc) is 2.57. The zero-order valence-corrected chi connectivity index (χ0v) is 14.2. The summed E-state index contributed by atoms with van der Waals surface area (Å²) in [5.74, 6) is -1.33. The Kier molecular flexibility index (Phi) is 4.74. The third-order valence-electron chi connectivity index (χ3n) is 5.42. The Morgan fingerprint density at radius 1 is 1.36 bits per heavy atom. The molecule has 0 radical (unpaired) electrons. The largest absolute Gasteiger partial charge is 0.505 e. The first kappa shape index (κ1) is 18.1. The van der Waals surface area contributed by atoms with Gasteiger partial charge in [-0.3, -0.25) is 4.79 Å². The minimum Gasteiger partial charge on any atom is -0.505 e. The van der Waals surface area contributed by atoms with Crippen LogP contribution in [0.1, 0.15) is 31.7 Å². The predicted octanol–water partition coefficient (Wildman–Crippen LogP) is 0.967. The van der Waals surface area contributed by atoms with E-state index in [4.69, 9.17) is 4.74 Å². The molecule has 1 aromatic rings. The van der Waals surface area contributed by atoms with Gasteiger partial charge in [-0.25, -0.2) is 4.39 Å². The van der Waals surface area contributed by atoms with E-state index in [9.17, 15) is 24.5 Å². The lowest BCUT2D eigenvalue weighted by molar-refractivity contribution is -0.245. The lowest BCUT2D eigenvalue weighted by atomic mass is 9.75. The van der Waals surface area contributed by atoms with Crippen molar-refractivity contribution in [2.24, 2.45) is 0 Å². The van der Waals surface area contributed by atoms with E-state index in [-0.39, 0.29) is 12.3 Å². The molecule has 138 valence electrons. The van der Waals surface area contributed by atoms with Gasteiger partial charge in [0.1, 0.15) is 11.7 Å². The fourth-order valence-corrected chi connectivity index (χ4v) is 3.74. The number of aliphatic hydroxyl groups is 2. The van der Waals surface area contributed by atoms with Crippen LogP contribution in [-0.4, -0.2) is 63.1 Å². The molecule has 0 saturated carbocycles. The number of aliphatic hydroxyl groups excluding tert-OH is 1. The van der Waals surface area contributed by atoms with Gasteiger partial charge in [0.2, 0.25) is 5.91 Å². The number of hydrogen-bond donors (Lipinski definition) is 3. The molecule has 2 saturated heterocycles. The number of phenols is 1. The Balaban J connectivity index is 1.62. The number of carbonyl (C=O) groups is 1. The quantitative estimate of drug-likeness (QED) is 0.737. The van der Waals surface area contributed by atoms with Crippen LogP contribution in [0.25, 0.3) is 0 Å². The Bertz CT molecular complexity index is 655. The second kappa shape index (κ2) is 6.55. The first-order valence-electron chi connectivity index (χ1n) is 8.53. The Morgan fingerprint density at radius 3 is 2.68 bits per heavy atom. The Morgan fingerprint density at radius 2 is 2.04 bits per heavy atom. The number of likely N-dealkylation sites (tertiary alicyclic amines) is 1. The van der Waals surface area contributed by atoms with E-state index in [1.54, 1.807) is 11.8 Å². The number of benzene rings is 1. The van der Waals surface area contributed by atoms with E-state index in [2.05, 4.69) is 0 Å². The van der Waals surface area contributed by atoms with Crippen LogP contribution < -0.4 is 0 Å². The SMILES string of the molecule is C[C@@]1(O)CCOC2(CCN(C(=O)Cc3ccc(O)c(F)c3)CC2)[C@H]1O. The number of rotatable bonds is 2. The van der Waals surface area contributed by atoms with Gasteiger partial charge < -0.3 is 25.0 Å². The first-order chi connectivity index (χ1) is 11.7. The van der Waals surface area contributed by atoms with E-state index < -0.39 is 28.9 Å². The van der Waals surface area contributed by atoms with Crippen molar-refractivity contribution in [2.45, 2.75) is 49.9 Å². The fourth-order valence-electron chi connectivity index (χ4n) is 3.74. The van der Waals surface area contributed by atoms with E-state index in [1.807, 2.05) is 0 Å². The summed E-state index contributed by atoms with van der Waals surface area (Å²) in [5, 5.41) is 30.0. The highest BCUT2D eigenvalue weighted by Crippen LogP contribution is 2.39. The number of amides is 1. The van der Waals surface area contributed by atoms with Gasteiger partial charge in [0.25, 0.3) is 0 Å². The molecule has 2 heterocycles. The van der Waals surface area contributed by atoms with Crippen molar-refractivity contribution in [3.63, 3.8) is 0 Å². The minimum atomic E-state index is -1.19. The Hall–Kier alpha value is -1.70. The normalized spacial score (nSPS) is 29.0. The number of ether oxygens (including phenoxy) is 1. The van der Waals surface area contributed by atoms with Crippen LogP contribution >= 0.6 is 0 Å². The molecule has 1 aromatic carbocycles. The van der Waals surface area contributed by atoms with Gasteiger partial charge in [-0.2, -0.15) is 0 Å². The lowest BCUT2D eigenvalue weighted by Crippen LogP contribution is -2.64. The van der Waals surface area contributed by atoms with Gasteiger partial charge in [0.15, 0.2) is 11.6 Å². The maximum absolute atomic E-state index is 13.4. The highest BCUT2D eigenvalue weighted by atomic mass is 19.1. The molecule has 0 unspecified atom stereocenters. The third kappa shape index (κ3) is 3.49. The molecule has 0 aliphatic carbocycles. The van der Waals surface area contributed by atoms with Gasteiger partial charge >= 0.3 is 0 Å². The number of piperidine rings is 1. The summed E-state index contributed by atoms with van der Waals surface area (Å²) >= 11 is 0. The molecule has 3 N–H and O–H groups in total. The average molecular weight is 353 g/mol. The maximum atomic E-state index is 13.4. The molecule has 25 heavy (non-hydrogen) atoms. The van der Waals surface area contributed by atoms with Gasteiger partial charge in [0, 0.05) is 19.5 Å². The second-order valence-corrected chi connectivity index (χ2v) is 7.27. The number of hydrogen-bond acceptors (Lipinski definition) is 5. The van der Waals surface area contributed by atoms with E-state index in [0.717, 1.165) is 6.07 Å². The van der Waals surface area contributed by atoms with Crippen LogP contribution in [0.4, 0.5) is 4.39 Å². The molecule has 1 amide bonds. The van der Waals surface area contributed by atoms with Crippen molar-refractivity contribution in [2.75, 3.05) is 19.7 Å². The zero-order valence-electron chi connectivity index (χ0n) is 14.2. The molecule has 0 bridgehead atoms. The van der Waals surface area contributed by atoms with Crippen molar-refractivity contribution in [3.05, 3.63) is 29.6 Å². The topological polar surface area (TPSA) is 90.2 Å². The molecule has 3 rings (SSSR count). The van der Waals surface area contributed by atoms with Crippen molar-refractivity contribution < 1.29 is 29.2 Å². The molecule has 7 heteroatoms. The molecule has 2 fully saturated rings. The molecule has 1 spiro atoms. The summed E-state index contributed by atoms with van der Waals surface area (Å²) in [5.41, 5.74) is -1.51. The smallest absolute Gasteiger partial charge is 0.226 e. The van der Waals surface area contributed by atoms with Gasteiger partial charge in [-0.1, -0.05) is 6.07 Å². The van der Waals surface area contributed by atoms with E-state index in [0.29, 0.717) is 44.5 Å². The third-order valence-corrected chi connectivity index (χ3v) is 5.42. The number of aromatic hydroxyl groups is 1. The van der Waals surface area contributed by atoms with Crippen molar-refractivity contribution in [3.8, 4) is 5.75 Å². The molecule has 2 aliphatic rings. The van der Waals surface area contributed by atoms with Crippen LogP contribution in [-0.2, 0) is 16.0 Å². The summed E-state index contributed by atoms with van der Waals surface area (Å²) in [7, 11) is 0. The van der Waals surface area contributed by atoms with Gasteiger partial charge in [-0.05, 0) is 37.5 Å². The number of carbonyl (C=O) groups excluding carboxylic acids is 1. The Labute approximate surface area is 145 Å². The molecule has 6 nitrogen and oxygen atoms in total. The van der Waals surface area contributed by atoms with Gasteiger partial charge in [-0.15, -0.1) is 0 Å². The highest BCUT2D eigenvalue weighted by Gasteiger charge is 2.52. The van der Waals surface area contributed by atoms with Crippen LogP contribution in [0.3, 0.4) is 0 Å². The van der Waals surface area contributed by atoms with Crippen molar-refractivity contribution in [1.29, 1.82) is 0 Å². The monoisotopic (exact) mass is 353 g/mol. The predicted molar refractivity (Wildman–Crippen MR) is 87.5 cm³/mol. The molecular formula is C18H24FNO5. The summed E-state index contributed by atoms with van der Waals surface area (Å²) in [6.45, 7) is 2.81. The minimum absolute atomic E-state index is 0.0470. The van der Waals surface area contributed by atoms with Crippen molar-refractivity contribution >= 4 is 5.91 Å². The number of nitrogens with zero attached hydrogens (tertiary/aromatic N) is 1. The van der Waals surface area contributed by atoms with Crippen LogP contribution in [0, 0.1) is 5.82 Å². The van der Waals surface area contributed by atoms with Crippen molar-refractivity contribution in [1.82, 2.24) is 4.90 Å². The fraction of sp³-hybridized carbons (Fsp3) is 0.611. The summed E-state index contributed by atoms with van der Waals surface area (Å²) < 4.78 is 19.2. The van der Waals surface area contributed by atoms with E-state index in [1.165, 1.54) is 12.1 Å². The maximum Gasteiger partial charge on any atom is 0.226 e. The molecule has 0 aromatic heterocycles. The first-order valence-corrected chi connectivity index (χ1v) is 8.53. The zero-order chi connectivity index (χ0) is 18.2. The van der Waals surface area contributed by atoms with Crippen LogP contribution in [0.2, 0.25) is 0 Å². The van der Waals surface area contributed by atoms with Crippen LogP contribution in [0.5, 0.6) is 5.75 Å². The highest BCUT2D eigenvalue weighted by molar-refractivity contribution is 5.79. The lowest BCUT2D eigenvalue weighted by Gasteiger charge is -2.51. The second-order valence-electron chi connectivity index (χ2n) is 7.27. The van der Waals surface area contributed by atoms with E-state index >= 15 is 0 Å².